The fourth-order valence-corrected chi connectivity index (χ4v) is 3.00. The smallest absolute Gasteiger partial charge is 0.179 e. The Bertz CT molecular complexity index is 896. The Hall–Kier alpha value is -2.54. The first-order valence-corrected chi connectivity index (χ1v) is 8.04. The number of aromatic nitrogens is 4. The van der Waals surface area contributed by atoms with Crippen LogP contribution < -0.4 is 14.8 Å². The predicted molar refractivity (Wildman–Crippen MR) is 90.9 cm³/mol. The van der Waals surface area contributed by atoms with E-state index in [2.05, 4.69) is 20.3 Å². The van der Waals surface area contributed by atoms with Crippen molar-refractivity contribution >= 4 is 28.6 Å². The molecule has 0 bridgehead atoms. The molecule has 0 atom stereocenters. The van der Waals surface area contributed by atoms with Crippen LogP contribution in [0, 0.1) is 0 Å². The third kappa shape index (κ3) is 2.71. The number of nitrogens with zero attached hydrogens (tertiary/aromatic N) is 4. The van der Waals surface area contributed by atoms with Crippen LogP contribution in [0.15, 0.2) is 24.8 Å². The van der Waals surface area contributed by atoms with Gasteiger partial charge in [0, 0.05) is 13.6 Å². The Morgan fingerprint density at radius 2 is 2.08 bits per heavy atom. The number of aryl methyl sites for hydroxylation is 1. The van der Waals surface area contributed by atoms with Crippen molar-refractivity contribution in [3.8, 4) is 11.5 Å². The van der Waals surface area contributed by atoms with Crippen molar-refractivity contribution in [3.63, 3.8) is 0 Å². The summed E-state index contributed by atoms with van der Waals surface area (Å²) in [6, 6.07) is 3.88. The highest BCUT2D eigenvalue weighted by molar-refractivity contribution is 6.32. The zero-order valence-corrected chi connectivity index (χ0v) is 13.9. The van der Waals surface area contributed by atoms with Gasteiger partial charge in [0.15, 0.2) is 23.0 Å². The van der Waals surface area contributed by atoms with Gasteiger partial charge in [-0.3, -0.25) is 0 Å². The van der Waals surface area contributed by atoms with Gasteiger partial charge in [0.25, 0.3) is 0 Å². The molecule has 0 saturated carbocycles. The summed E-state index contributed by atoms with van der Waals surface area (Å²) in [5, 5.41) is 3.89. The molecule has 0 unspecified atom stereocenters. The summed E-state index contributed by atoms with van der Waals surface area (Å²) in [5.41, 5.74) is 2.64. The second kappa shape index (κ2) is 6.16. The number of imidazole rings is 1. The predicted octanol–water partition coefficient (Wildman–Crippen LogP) is 2.44. The van der Waals surface area contributed by atoms with Gasteiger partial charge in [-0.15, -0.1) is 0 Å². The summed E-state index contributed by atoms with van der Waals surface area (Å²) < 4.78 is 13.0. The fraction of sp³-hybridized carbons (Fsp3) is 0.312. The Balaban J connectivity index is 1.48. The average molecular weight is 346 g/mol. The molecular weight excluding hydrogens is 330 g/mol. The maximum atomic E-state index is 6.27. The molecule has 124 valence electrons. The normalized spacial score (nSPS) is 13.2. The average Bonchev–Trinajstić information content (AvgIpc) is 2.97. The van der Waals surface area contributed by atoms with E-state index in [0.29, 0.717) is 36.3 Å². The van der Waals surface area contributed by atoms with Crippen LogP contribution in [0.1, 0.15) is 5.56 Å². The van der Waals surface area contributed by atoms with Crippen LogP contribution in [0.25, 0.3) is 11.2 Å². The number of ether oxygens (including phenoxy) is 2. The lowest BCUT2D eigenvalue weighted by atomic mass is 10.1. The van der Waals surface area contributed by atoms with Crippen molar-refractivity contribution in [3.05, 3.63) is 35.4 Å². The van der Waals surface area contributed by atoms with Gasteiger partial charge < -0.3 is 19.4 Å². The number of anilines is 1. The highest BCUT2D eigenvalue weighted by Crippen LogP contribution is 2.38. The van der Waals surface area contributed by atoms with Crippen LogP contribution in [0.3, 0.4) is 0 Å². The van der Waals surface area contributed by atoms with Crippen LogP contribution in [-0.2, 0) is 13.5 Å². The third-order valence-electron chi connectivity index (χ3n) is 3.86. The number of benzene rings is 1. The van der Waals surface area contributed by atoms with E-state index < -0.39 is 0 Å². The summed E-state index contributed by atoms with van der Waals surface area (Å²) in [6.45, 7) is 1.77. The van der Waals surface area contributed by atoms with E-state index in [-0.39, 0.29) is 0 Å². The van der Waals surface area contributed by atoms with Gasteiger partial charge in [0.2, 0.25) is 0 Å². The molecule has 0 aliphatic carbocycles. The largest absolute Gasteiger partial charge is 0.486 e. The lowest BCUT2D eigenvalue weighted by Crippen LogP contribution is -2.16. The molecule has 24 heavy (non-hydrogen) atoms. The fourth-order valence-electron chi connectivity index (χ4n) is 2.71. The van der Waals surface area contributed by atoms with Crippen LogP contribution in [0.5, 0.6) is 11.5 Å². The standard InChI is InChI=1S/C16H16ClN5O2/c1-22-9-21-13-15(19-8-20-16(13)22)18-3-2-10-6-11(17)14-12(7-10)23-4-5-24-14/h6-9H,2-5H2,1H3,(H,18,19,20). The summed E-state index contributed by atoms with van der Waals surface area (Å²) in [5.74, 6) is 2.06. The van der Waals surface area contributed by atoms with Gasteiger partial charge in [-0.1, -0.05) is 11.6 Å². The molecule has 1 N–H and O–H groups in total. The Labute approximate surface area is 143 Å². The molecule has 7 nitrogen and oxygen atoms in total. The second-order valence-electron chi connectivity index (χ2n) is 5.53. The molecule has 0 radical (unpaired) electrons. The molecular formula is C16H16ClN5O2. The van der Waals surface area contributed by atoms with Crippen molar-refractivity contribution in [1.82, 2.24) is 19.5 Å². The van der Waals surface area contributed by atoms with Crippen LogP contribution in [0.2, 0.25) is 5.02 Å². The quantitative estimate of drug-likeness (QED) is 0.783. The number of nitrogens with one attached hydrogen (secondary N) is 1. The lowest BCUT2D eigenvalue weighted by Gasteiger charge is -2.20. The van der Waals surface area contributed by atoms with E-state index >= 15 is 0 Å². The van der Waals surface area contributed by atoms with Crippen molar-refractivity contribution in [2.45, 2.75) is 6.42 Å². The molecule has 4 rings (SSSR count). The molecule has 0 saturated heterocycles. The van der Waals surface area contributed by atoms with E-state index in [1.807, 2.05) is 23.7 Å². The highest BCUT2D eigenvalue weighted by Gasteiger charge is 2.16. The summed E-state index contributed by atoms with van der Waals surface area (Å²) in [7, 11) is 1.91. The maximum Gasteiger partial charge on any atom is 0.179 e. The number of halogens is 1. The van der Waals surface area contributed by atoms with E-state index in [4.69, 9.17) is 21.1 Å². The molecule has 1 aliphatic heterocycles. The first-order valence-electron chi connectivity index (χ1n) is 7.66. The summed E-state index contributed by atoms with van der Waals surface area (Å²) in [4.78, 5) is 12.8. The van der Waals surface area contributed by atoms with E-state index in [1.54, 1.807) is 6.33 Å². The van der Waals surface area contributed by atoms with Crippen molar-refractivity contribution in [2.24, 2.45) is 7.05 Å². The second-order valence-corrected chi connectivity index (χ2v) is 5.94. The summed E-state index contributed by atoms with van der Waals surface area (Å²) >= 11 is 6.27. The number of hydrogen-bond donors (Lipinski definition) is 1. The maximum absolute atomic E-state index is 6.27. The molecule has 3 aromatic rings. The zero-order valence-electron chi connectivity index (χ0n) is 13.1. The topological polar surface area (TPSA) is 74.1 Å². The van der Waals surface area contributed by atoms with Crippen LogP contribution in [-0.4, -0.2) is 39.3 Å². The number of fused-ring (bicyclic) bond motifs is 2. The van der Waals surface area contributed by atoms with Gasteiger partial charge in [0.05, 0.1) is 11.3 Å². The summed E-state index contributed by atoms with van der Waals surface area (Å²) in [6.07, 6.45) is 4.03. The van der Waals surface area contributed by atoms with Gasteiger partial charge in [0.1, 0.15) is 25.1 Å². The zero-order chi connectivity index (χ0) is 16.5. The minimum Gasteiger partial charge on any atom is -0.486 e. The van der Waals surface area contributed by atoms with Gasteiger partial charge >= 0.3 is 0 Å². The lowest BCUT2D eigenvalue weighted by molar-refractivity contribution is 0.171. The molecule has 8 heteroatoms. The van der Waals surface area contributed by atoms with Crippen molar-refractivity contribution in [1.29, 1.82) is 0 Å². The number of hydrogen-bond acceptors (Lipinski definition) is 6. The SMILES string of the molecule is Cn1cnc2c(NCCc3cc(Cl)c4c(c3)OCCO4)ncnc21. The van der Waals surface area contributed by atoms with E-state index in [9.17, 15) is 0 Å². The Kier molecular flexibility index (Phi) is 3.86. The molecule has 0 spiro atoms. The third-order valence-corrected chi connectivity index (χ3v) is 4.14. The molecule has 1 aromatic carbocycles. The Morgan fingerprint density at radius 1 is 1.21 bits per heavy atom. The first kappa shape index (κ1) is 15.0. The van der Waals surface area contributed by atoms with Gasteiger partial charge in [-0.05, 0) is 24.1 Å². The molecule has 0 amide bonds. The van der Waals surface area contributed by atoms with Crippen LogP contribution in [0.4, 0.5) is 5.82 Å². The van der Waals surface area contributed by atoms with Crippen LogP contribution >= 0.6 is 11.6 Å². The van der Waals surface area contributed by atoms with Gasteiger partial charge in [-0.2, -0.15) is 0 Å². The first-order chi connectivity index (χ1) is 11.7. The van der Waals surface area contributed by atoms with E-state index in [0.717, 1.165) is 29.0 Å². The van der Waals surface area contributed by atoms with E-state index in [1.165, 1.54) is 6.33 Å². The Morgan fingerprint density at radius 3 is 3.00 bits per heavy atom. The highest BCUT2D eigenvalue weighted by atomic mass is 35.5. The monoisotopic (exact) mass is 345 g/mol. The molecule has 2 aromatic heterocycles. The number of rotatable bonds is 4. The van der Waals surface area contributed by atoms with Crippen molar-refractivity contribution in [2.75, 3.05) is 25.1 Å². The van der Waals surface area contributed by atoms with Crippen molar-refractivity contribution < 1.29 is 9.47 Å². The van der Waals surface area contributed by atoms with Gasteiger partial charge in [-0.25, -0.2) is 15.0 Å². The minimum absolute atomic E-state index is 0.529. The molecule has 1 aliphatic rings. The minimum atomic E-state index is 0.529. The molecule has 3 heterocycles. The molecule has 0 fully saturated rings.